The van der Waals surface area contributed by atoms with Crippen LogP contribution in [0.5, 0.6) is 0 Å². The molecule has 0 bridgehead atoms. The summed E-state index contributed by atoms with van der Waals surface area (Å²) in [6.45, 7) is 0.200. The van der Waals surface area contributed by atoms with Crippen molar-refractivity contribution in [3.05, 3.63) is 51.8 Å². The number of hydrogen-bond acceptors (Lipinski definition) is 4. The van der Waals surface area contributed by atoms with Crippen molar-refractivity contribution in [3.63, 3.8) is 0 Å². The first kappa shape index (κ1) is 17.2. The Hall–Kier alpha value is -2.58. The molecule has 9 heteroatoms. The van der Waals surface area contributed by atoms with Gasteiger partial charge in [0.1, 0.15) is 5.69 Å². The standard InChI is InChI=1S/C16H17F3N4O2/c17-16(18,19)11-5-6-14(15(9-11)23(24)25)20-10-12-7-8-22(21-12)13-3-1-2-4-13/h5-9,13,20H,1-4,10H2. The van der Waals surface area contributed by atoms with Crippen molar-refractivity contribution in [2.75, 3.05) is 5.32 Å². The molecule has 1 aromatic carbocycles. The highest BCUT2D eigenvalue weighted by molar-refractivity contribution is 5.63. The lowest BCUT2D eigenvalue weighted by atomic mass is 10.1. The zero-order valence-electron chi connectivity index (χ0n) is 13.3. The lowest BCUT2D eigenvalue weighted by molar-refractivity contribution is -0.384. The minimum Gasteiger partial charge on any atom is -0.374 e. The average Bonchev–Trinajstić information content (AvgIpc) is 3.22. The van der Waals surface area contributed by atoms with Crippen molar-refractivity contribution in [2.24, 2.45) is 0 Å². The van der Waals surface area contributed by atoms with Gasteiger partial charge in [-0.15, -0.1) is 0 Å². The molecule has 6 nitrogen and oxygen atoms in total. The van der Waals surface area contributed by atoms with Crippen LogP contribution in [-0.4, -0.2) is 14.7 Å². The monoisotopic (exact) mass is 354 g/mol. The molecule has 0 aliphatic heterocycles. The fourth-order valence-corrected chi connectivity index (χ4v) is 3.04. The Morgan fingerprint density at radius 2 is 2.00 bits per heavy atom. The van der Waals surface area contributed by atoms with Gasteiger partial charge in [-0.2, -0.15) is 18.3 Å². The molecule has 0 amide bonds. The second kappa shape index (κ2) is 6.73. The molecule has 1 aliphatic rings. The van der Waals surface area contributed by atoms with Gasteiger partial charge in [-0.1, -0.05) is 12.8 Å². The molecule has 1 fully saturated rings. The van der Waals surface area contributed by atoms with Gasteiger partial charge < -0.3 is 5.32 Å². The number of anilines is 1. The number of nitrogens with zero attached hydrogens (tertiary/aromatic N) is 3. The van der Waals surface area contributed by atoms with E-state index in [1.165, 1.54) is 12.8 Å². The minimum absolute atomic E-state index is 0.0356. The smallest absolute Gasteiger partial charge is 0.374 e. The van der Waals surface area contributed by atoms with Gasteiger partial charge in [-0.05, 0) is 31.0 Å². The Kier molecular flexibility index (Phi) is 4.65. The lowest BCUT2D eigenvalue weighted by Gasteiger charge is -2.10. The largest absolute Gasteiger partial charge is 0.416 e. The second-order valence-corrected chi connectivity index (χ2v) is 6.07. The van der Waals surface area contributed by atoms with Gasteiger partial charge in [0.05, 0.1) is 28.8 Å². The Morgan fingerprint density at radius 1 is 1.28 bits per heavy atom. The van der Waals surface area contributed by atoms with Crippen LogP contribution in [0, 0.1) is 10.1 Å². The van der Waals surface area contributed by atoms with E-state index in [1.54, 1.807) is 6.07 Å². The molecule has 0 unspecified atom stereocenters. The molecule has 0 radical (unpaired) electrons. The number of nitro benzene ring substituents is 1. The third-order valence-corrected chi connectivity index (χ3v) is 4.34. The van der Waals surface area contributed by atoms with Gasteiger partial charge in [0.25, 0.3) is 5.69 Å². The second-order valence-electron chi connectivity index (χ2n) is 6.07. The third kappa shape index (κ3) is 3.92. The molecule has 2 aromatic rings. The molecule has 134 valence electrons. The summed E-state index contributed by atoms with van der Waals surface area (Å²) < 4.78 is 40.0. The van der Waals surface area contributed by atoms with E-state index in [2.05, 4.69) is 10.4 Å². The van der Waals surface area contributed by atoms with Crippen molar-refractivity contribution in [2.45, 2.75) is 44.4 Å². The van der Waals surface area contributed by atoms with Gasteiger partial charge in [0.2, 0.25) is 0 Å². The van der Waals surface area contributed by atoms with Crippen LogP contribution in [-0.2, 0) is 12.7 Å². The van der Waals surface area contributed by atoms with Crippen molar-refractivity contribution in [3.8, 4) is 0 Å². The molecule has 25 heavy (non-hydrogen) atoms. The Bertz CT molecular complexity index is 767. The molecule has 3 rings (SSSR count). The van der Waals surface area contributed by atoms with Crippen LogP contribution in [0.25, 0.3) is 0 Å². The molecule has 1 N–H and O–H groups in total. The van der Waals surface area contributed by atoms with Gasteiger partial charge >= 0.3 is 6.18 Å². The normalized spacial score (nSPS) is 15.5. The van der Waals surface area contributed by atoms with E-state index in [0.717, 1.165) is 25.0 Å². The van der Waals surface area contributed by atoms with E-state index >= 15 is 0 Å². The summed E-state index contributed by atoms with van der Waals surface area (Å²) in [5.41, 5.74) is -0.935. The molecule has 1 aromatic heterocycles. The van der Waals surface area contributed by atoms with Crippen molar-refractivity contribution in [1.82, 2.24) is 9.78 Å². The van der Waals surface area contributed by atoms with E-state index in [-0.39, 0.29) is 12.2 Å². The molecule has 1 aliphatic carbocycles. The van der Waals surface area contributed by atoms with Gasteiger partial charge in [0.15, 0.2) is 0 Å². The third-order valence-electron chi connectivity index (χ3n) is 4.34. The average molecular weight is 354 g/mol. The fraction of sp³-hybridized carbons (Fsp3) is 0.438. The first-order valence-electron chi connectivity index (χ1n) is 7.98. The Morgan fingerprint density at radius 3 is 2.64 bits per heavy atom. The number of rotatable bonds is 5. The summed E-state index contributed by atoms with van der Waals surface area (Å²) in [4.78, 5) is 10.2. The Balaban J connectivity index is 1.73. The Labute approximate surface area is 141 Å². The molecule has 1 heterocycles. The summed E-state index contributed by atoms with van der Waals surface area (Å²) in [7, 11) is 0. The zero-order chi connectivity index (χ0) is 18.0. The number of nitro groups is 1. The number of alkyl halides is 3. The van der Waals surface area contributed by atoms with E-state index in [1.807, 2.05) is 10.9 Å². The first-order chi connectivity index (χ1) is 11.8. The van der Waals surface area contributed by atoms with Crippen LogP contribution in [0.2, 0.25) is 0 Å². The molecule has 0 saturated heterocycles. The highest BCUT2D eigenvalue weighted by atomic mass is 19.4. The zero-order valence-corrected chi connectivity index (χ0v) is 13.3. The minimum atomic E-state index is -4.62. The lowest BCUT2D eigenvalue weighted by Crippen LogP contribution is -2.09. The fourth-order valence-electron chi connectivity index (χ4n) is 3.04. The van der Waals surface area contributed by atoms with Gasteiger partial charge in [-0.25, -0.2) is 0 Å². The molecular formula is C16H17F3N4O2. The van der Waals surface area contributed by atoms with Gasteiger partial charge in [-0.3, -0.25) is 14.8 Å². The summed E-state index contributed by atoms with van der Waals surface area (Å²) in [6, 6.07) is 4.64. The molecule has 0 atom stereocenters. The van der Waals surface area contributed by atoms with E-state index in [0.29, 0.717) is 17.8 Å². The molecular weight excluding hydrogens is 337 g/mol. The maximum absolute atomic E-state index is 12.7. The topological polar surface area (TPSA) is 73.0 Å². The van der Waals surface area contributed by atoms with Crippen LogP contribution in [0.3, 0.4) is 0 Å². The number of halogens is 3. The van der Waals surface area contributed by atoms with Crippen LogP contribution in [0.15, 0.2) is 30.5 Å². The van der Waals surface area contributed by atoms with Crippen LogP contribution in [0.4, 0.5) is 24.5 Å². The summed E-state index contributed by atoms with van der Waals surface area (Å²) in [5.74, 6) is 0. The number of benzene rings is 1. The summed E-state index contributed by atoms with van der Waals surface area (Å²) in [5, 5.41) is 18.3. The van der Waals surface area contributed by atoms with Crippen molar-refractivity contribution in [1.29, 1.82) is 0 Å². The summed E-state index contributed by atoms with van der Waals surface area (Å²) >= 11 is 0. The van der Waals surface area contributed by atoms with E-state index < -0.39 is 22.4 Å². The summed E-state index contributed by atoms with van der Waals surface area (Å²) in [6.07, 6.45) is 1.76. The highest BCUT2D eigenvalue weighted by Crippen LogP contribution is 2.35. The number of aromatic nitrogens is 2. The number of nitrogens with one attached hydrogen (secondary N) is 1. The van der Waals surface area contributed by atoms with Gasteiger partial charge in [0, 0.05) is 12.3 Å². The predicted molar refractivity (Wildman–Crippen MR) is 85.2 cm³/mol. The van der Waals surface area contributed by atoms with Crippen LogP contribution >= 0.6 is 0 Å². The number of hydrogen-bond donors (Lipinski definition) is 1. The SMILES string of the molecule is O=[N+]([O-])c1cc(C(F)(F)F)ccc1NCc1ccn(C2CCCC2)n1. The molecule has 1 saturated carbocycles. The first-order valence-corrected chi connectivity index (χ1v) is 7.98. The van der Waals surface area contributed by atoms with Crippen LogP contribution < -0.4 is 5.32 Å². The van der Waals surface area contributed by atoms with Crippen LogP contribution in [0.1, 0.15) is 43.0 Å². The quantitative estimate of drug-likeness (QED) is 0.632. The van der Waals surface area contributed by atoms with E-state index in [9.17, 15) is 23.3 Å². The van der Waals surface area contributed by atoms with Crippen molar-refractivity contribution < 1.29 is 18.1 Å². The molecule has 0 spiro atoms. The highest BCUT2D eigenvalue weighted by Gasteiger charge is 2.33. The van der Waals surface area contributed by atoms with E-state index in [4.69, 9.17) is 0 Å². The maximum atomic E-state index is 12.7. The van der Waals surface area contributed by atoms with Crippen molar-refractivity contribution >= 4 is 11.4 Å². The maximum Gasteiger partial charge on any atom is 0.416 e. The predicted octanol–water partition coefficient (Wildman–Crippen LogP) is 4.54.